The first-order chi connectivity index (χ1) is 8.53. The second-order valence-corrected chi connectivity index (χ2v) is 24.5. The molecule has 0 bridgehead atoms. The Morgan fingerprint density at radius 2 is 1.21 bits per heavy atom. The molecule has 0 aliphatic heterocycles. The van der Waals surface area contributed by atoms with Crippen LogP contribution in [0.15, 0.2) is 22.8 Å². The quantitative estimate of drug-likeness (QED) is 0.633. The van der Waals surface area contributed by atoms with Crippen LogP contribution in [0.1, 0.15) is 27.7 Å². The van der Waals surface area contributed by atoms with E-state index < -0.39 is 20.8 Å². The van der Waals surface area contributed by atoms with E-state index in [4.69, 9.17) is 0 Å². The fourth-order valence-corrected chi connectivity index (χ4v) is 26.9. The van der Waals surface area contributed by atoms with E-state index in [2.05, 4.69) is 84.7 Å². The summed E-state index contributed by atoms with van der Waals surface area (Å²) in [4.78, 5) is 0. The Kier molecular flexibility index (Phi) is 5.05. The Morgan fingerprint density at radius 1 is 0.842 bits per heavy atom. The second-order valence-electron chi connectivity index (χ2n) is 6.60. The SMILES string of the molecule is CC1=C[C](C)([Hf]([N](C)C)([N](C)C)[N](C)C)C(C)=C1C. The predicted molar refractivity (Wildman–Crippen MR) is 81.6 cm³/mol. The molecule has 4 heteroatoms. The van der Waals surface area contributed by atoms with E-state index in [0.717, 1.165) is 0 Å². The second kappa shape index (κ2) is 5.55. The van der Waals surface area contributed by atoms with E-state index in [0.29, 0.717) is 0 Å². The zero-order chi connectivity index (χ0) is 15.2. The number of hydrogen-bond acceptors (Lipinski definition) is 3. The molecule has 0 heterocycles. The topological polar surface area (TPSA) is 9.72 Å². The van der Waals surface area contributed by atoms with Gasteiger partial charge in [0.05, 0.1) is 0 Å². The number of hydrogen-bond donors (Lipinski definition) is 0. The van der Waals surface area contributed by atoms with Crippen LogP contribution in [0.2, 0.25) is 3.17 Å². The molecule has 0 aromatic carbocycles. The molecular weight excluding hydrogens is 401 g/mol. The molecule has 0 N–H and O–H groups in total. The van der Waals surface area contributed by atoms with Gasteiger partial charge in [0.25, 0.3) is 0 Å². The van der Waals surface area contributed by atoms with Crippen LogP contribution in [0, 0.1) is 0 Å². The molecule has 1 atom stereocenters. The van der Waals surface area contributed by atoms with Gasteiger partial charge in [-0.25, -0.2) is 0 Å². The summed E-state index contributed by atoms with van der Waals surface area (Å²) in [5.41, 5.74) is 4.50. The van der Waals surface area contributed by atoms with Gasteiger partial charge >= 0.3 is 125 Å². The molecule has 0 aromatic rings. The molecule has 1 aliphatic rings. The average Bonchev–Trinajstić information content (AvgIpc) is 2.42. The molecule has 110 valence electrons. The third-order valence-corrected chi connectivity index (χ3v) is 25.3. The molecule has 19 heavy (non-hydrogen) atoms. The van der Waals surface area contributed by atoms with Crippen LogP contribution in [-0.4, -0.2) is 50.9 Å². The van der Waals surface area contributed by atoms with Crippen molar-refractivity contribution in [1.82, 2.24) is 8.66 Å². The fraction of sp³-hybridized carbons (Fsp3) is 0.733. The monoisotopic (exact) mass is 433 g/mol. The minimum atomic E-state index is -3.09. The zero-order valence-electron chi connectivity index (χ0n) is 14.4. The Balaban J connectivity index is 3.61. The number of nitrogens with zero attached hydrogens (tertiary/aromatic N) is 3. The maximum absolute atomic E-state index is 3.09. The van der Waals surface area contributed by atoms with Gasteiger partial charge in [-0.3, -0.25) is 0 Å². The van der Waals surface area contributed by atoms with Gasteiger partial charge in [0.2, 0.25) is 0 Å². The van der Waals surface area contributed by atoms with E-state index in [1.165, 1.54) is 11.1 Å². The van der Waals surface area contributed by atoms with E-state index in [-0.39, 0.29) is 3.17 Å². The average molecular weight is 432 g/mol. The molecule has 1 aliphatic carbocycles. The van der Waals surface area contributed by atoms with Crippen molar-refractivity contribution in [3.63, 3.8) is 0 Å². The summed E-state index contributed by atoms with van der Waals surface area (Å²) >= 11 is -3.09. The van der Waals surface area contributed by atoms with Crippen molar-refractivity contribution in [2.24, 2.45) is 0 Å². The van der Waals surface area contributed by atoms with E-state index in [1.54, 1.807) is 5.57 Å². The number of rotatable bonds is 4. The third-order valence-electron chi connectivity index (χ3n) is 5.01. The fourth-order valence-electron chi connectivity index (χ4n) is 4.28. The van der Waals surface area contributed by atoms with Gasteiger partial charge in [-0.2, -0.15) is 0 Å². The molecule has 0 aromatic heterocycles. The zero-order valence-corrected chi connectivity index (χ0v) is 18.0. The molecule has 1 rings (SSSR count). The van der Waals surface area contributed by atoms with Gasteiger partial charge in [-0.15, -0.1) is 0 Å². The third kappa shape index (κ3) is 2.25. The molecule has 0 amide bonds. The molecule has 0 fully saturated rings. The Morgan fingerprint density at radius 3 is 1.42 bits per heavy atom. The van der Waals surface area contributed by atoms with E-state index >= 15 is 0 Å². The van der Waals surface area contributed by atoms with Crippen LogP contribution in [-0.2, 0) is 20.8 Å². The first kappa shape index (κ1) is 17.3. The van der Waals surface area contributed by atoms with Gasteiger partial charge in [0, 0.05) is 0 Å². The molecule has 0 saturated heterocycles. The van der Waals surface area contributed by atoms with Crippen molar-refractivity contribution < 1.29 is 20.8 Å². The normalized spacial score (nSPS) is 25.0. The van der Waals surface area contributed by atoms with Crippen molar-refractivity contribution in [3.05, 3.63) is 22.8 Å². The molecule has 0 saturated carbocycles. The molecule has 0 spiro atoms. The van der Waals surface area contributed by atoms with Crippen LogP contribution in [0.5, 0.6) is 0 Å². The van der Waals surface area contributed by atoms with Gasteiger partial charge in [0.1, 0.15) is 0 Å². The van der Waals surface area contributed by atoms with Crippen molar-refractivity contribution in [2.75, 3.05) is 42.3 Å². The van der Waals surface area contributed by atoms with Crippen molar-refractivity contribution in [2.45, 2.75) is 30.9 Å². The Labute approximate surface area is 125 Å². The van der Waals surface area contributed by atoms with Crippen LogP contribution >= 0.6 is 0 Å². The van der Waals surface area contributed by atoms with E-state index in [9.17, 15) is 0 Å². The van der Waals surface area contributed by atoms with Gasteiger partial charge < -0.3 is 0 Å². The molecular formula is C15H31HfN3. The summed E-state index contributed by atoms with van der Waals surface area (Å²) in [6.45, 7) is 9.30. The van der Waals surface area contributed by atoms with Crippen LogP contribution < -0.4 is 0 Å². The maximum atomic E-state index is 2.54. The minimum absolute atomic E-state index is 0.192. The van der Waals surface area contributed by atoms with Crippen molar-refractivity contribution in [1.29, 1.82) is 0 Å². The summed E-state index contributed by atoms with van der Waals surface area (Å²) in [5.74, 6) is 0. The van der Waals surface area contributed by atoms with Gasteiger partial charge in [0.15, 0.2) is 0 Å². The first-order valence-electron chi connectivity index (χ1n) is 6.93. The first-order valence-corrected chi connectivity index (χ1v) is 13.5. The standard InChI is InChI=1S/C9H13.3C2H6N.Hf/c1-6-5-7(2)9(4)8(6)3;3*1-3-2;/h5H,1-4H3;3*1-2H3;/q;3*-1;+3. The van der Waals surface area contributed by atoms with Crippen LogP contribution in [0.4, 0.5) is 0 Å². The predicted octanol–water partition coefficient (Wildman–Crippen LogP) is 3.05. The van der Waals surface area contributed by atoms with Crippen LogP contribution in [0.3, 0.4) is 0 Å². The summed E-state index contributed by atoms with van der Waals surface area (Å²) in [6, 6.07) is 0. The molecule has 1 unspecified atom stereocenters. The van der Waals surface area contributed by atoms with Gasteiger partial charge in [-0.05, 0) is 0 Å². The summed E-state index contributed by atoms with van der Waals surface area (Å²) in [6.07, 6.45) is 2.53. The summed E-state index contributed by atoms with van der Waals surface area (Å²) in [7, 11) is 13.6. The summed E-state index contributed by atoms with van der Waals surface area (Å²) < 4.78 is 7.81. The van der Waals surface area contributed by atoms with Gasteiger partial charge in [-0.1, -0.05) is 0 Å². The Hall–Kier alpha value is 0.230. The molecule has 3 nitrogen and oxygen atoms in total. The van der Waals surface area contributed by atoms with Crippen molar-refractivity contribution in [3.8, 4) is 0 Å². The Bertz CT molecular complexity index is 399. The van der Waals surface area contributed by atoms with E-state index in [1.807, 2.05) is 0 Å². The van der Waals surface area contributed by atoms with Crippen molar-refractivity contribution >= 4 is 0 Å². The number of allylic oxidation sites excluding steroid dienone is 4. The molecule has 0 radical (unpaired) electrons. The summed E-state index contributed by atoms with van der Waals surface area (Å²) in [5, 5.41) is 0. The van der Waals surface area contributed by atoms with Crippen LogP contribution in [0.25, 0.3) is 0 Å².